The number of rotatable bonds is 4. The number of nitrogens with zero attached hydrogens (tertiary/aromatic N) is 5. The Labute approximate surface area is 105 Å². The first-order valence-electron chi connectivity index (χ1n) is 5.36. The molecule has 0 aliphatic heterocycles. The molecule has 2 rings (SSSR count). The molecule has 0 aliphatic rings. The van der Waals surface area contributed by atoms with Crippen molar-refractivity contribution in [3.8, 4) is 0 Å². The van der Waals surface area contributed by atoms with Crippen molar-refractivity contribution in [2.75, 3.05) is 0 Å². The van der Waals surface area contributed by atoms with Gasteiger partial charge >= 0.3 is 6.18 Å². The highest BCUT2D eigenvalue weighted by Gasteiger charge is 2.41. The van der Waals surface area contributed by atoms with Gasteiger partial charge in [-0.2, -0.15) is 18.3 Å². The van der Waals surface area contributed by atoms with Crippen molar-refractivity contribution in [1.82, 2.24) is 24.8 Å². The van der Waals surface area contributed by atoms with Crippen molar-refractivity contribution < 1.29 is 18.0 Å². The van der Waals surface area contributed by atoms with Crippen LogP contribution in [0.1, 0.15) is 16.2 Å². The zero-order valence-electron chi connectivity index (χ0n) is 9.92. The third-order valence-electron chi connectivity index (χ3n) is 2.55. The smallest absolute Gasteiger partial charge is 0.282 e. The van der Waals surface area contributed by atoms with Crippen molar-refractivity contribution >= 4 is 5.78 Å². The molecule has 6 nitrogen and oxygen atoms in total. The van der Waals surface area contributed by atoms with Gasteiger partial charge in [0.15, 0.2) is 5.69 Å². The van der Waals surface area contributed by atoms with E-state index in [1.165, 1.54) is 4.68 Å². The van der Waals surface area contributed by atoms with Crippen LogP contribution in [0.15, 0.2) is 18.5 Å². The maximum Gasteiger partial charge on any atom is 0.456 e. The Hall–Kier alpha value is -2.19. The first kappa shape index (κ1) is 13.2. The van der Waals surface area contributed by atoms with Gasteiger partial charge < -0.3 is 0 Å². The molecule has 0 amide bonds. The number of aromatic nitrogens is 5. The van der Waals surface area contributed by atoms with Gasteiger partial charge in [-0.05, 0) is 6.07 Å². The largest absolute Gasteiger partial charge is 0.456 e. The summed E-state index contributed by atoms with van der Waals surface area (Å²) in [5.74, 6) is -1.99. The van der Waals surface area contributed by atoms with Crippen LogP contribution in [-0.4, -0.2) is 36.7 Å². The van der Waals surface area contributed by atoms with Gasteiger partial charge in [0.2, 0.25) is 0 Å². The standard InChI is InChI=1S/C10H10F3N5O/c1-17-7(2-4-14-17)3-5-18-6-8(15-16-18)9(19)10(11,12)13/h2,4,6H,3,5H2,1H3. The van der Waals surface area contributed by atoms with Gasteiger partial charge in [-0.25, -0.2) is 0 Å². The average Bonchev–Trinajstić information content (AvgIpc) is 2.93. The lowest BCUT2D eigenvalue weighted by Gasteiger charge is -2.01. The molecule has 102 valence electrons. The number of halogens is 3. The Kier molecular flexibility index (Phi) is 3.36. The third-order valence-corrected chi connectivity index (χ3v) is 2.55. The normalized spacial score (nSPS) is 11.8. The maximum absolute atomic E-state index is 12.2. The van der Waals surface area contributed by atoms with E-state index in [0.717, 1.165) is 11.9 Å². The molecule has 0 saturated heterocycles. The highest BCUT2D eigenvalue weighted by atomic mass is 19.4. The number of Topliss-reactive ketones (excluding diaryl/α,β-unsaturated/α-hetero) is 1. The molecule has 19 heavy (non-hydrogen) atoms. The lowest BCUT2D eigenvalue weighted by Crippen LogP contribution is -2.23. The molecule has 0 spiro atoms. The summed E-state index contributed by atoms with van der Waals surface area (Å²) in [6, 6.07) is 1.79. The first-order chi connectivity index (χ1) is 8.88. The van der Waals surface area contributed by atoms with Crippen LogP contribution in [0.5, 0.6) is 0 Å². The van der Waals surface area contributed by atoms with E-state index in [2.05, 4.69) is 15.4 Å². The van der Waals surface area contributed by atoms with E-state index in [0.29, 0.717) is 13.0 Å². The molecule has 9 heteroatoms. The van der Waals surface area contributed by atoms with Crippen LogP contribution in [-0.2, 0) is 20.0 Å². The summed E-state index contributed by atoms with van der Waals surface area (Å²) in [7, 11) is 1.76. The topological polar surface area (TPSA) is 65.6 Å². The van der Waals surface area contributed by atoms with Crippen molar-refractivity contribution in [2.45, 2.75) is 19.1 Å². The minimum absolute atomic E-state index is 0.317. The molecule has 0 atom stereocenters. The van der Waals surface area contributed by atoms with Crippen LogP contribution in [0, 0.1) is 0 Å². The molecular formula is C10H10F3N5O. The lowest BCUT2D eigenvalue weighted by molar-refractivity contribution is -0.0888. The van der Waals surface area contributed by atoms with Gasteiger partial charge in [0, 0.05) is 31.9 Å². The van der Waals surface area contributed by atoms with Crippen LogP contribution >= 0.6 is 0 Å². The van der Waals surface area contributed by atoms with Crippen molar-refractivity contribution in [3.63, 3.8) is 0 Å². The second-order valence-corrected chi connectivity index (χ2v) is 3.89. The third kappa shape index (κ3) is 2.98. The number of carbonyl (C=O) groups excluding carboxylic acids is 1. The van der Waals surface area contributed by atoms with E-state index >= 15 is 0 Å². The highest BCUT2D eigenvalue weighted by Crippen LogP contribution is 2.19. The Morgan fingerprint density at radius 1 is 1.42 bits per heavy atom. The summed E-state index contributed by atoms with van der Waals surface area (Å²) in [6.07, 6.45) is -1.79. The molecule has 2 aromatic heterocycles. The Morgan fingerprint density at radius 2 is 2.16 bits per heavy atom. The number of carbonyl (C=O) groups is 1. The summed E-state index contributed by atoms with van der Waals surface area (Å²) < 4.78 is 39.4. The number of hydrogen-bond acceptors (Lipinski definition) is 4. The number of aryl methyl sites for hydroxylation is 3. The maximum atomic E-state index is 12.2. The second kappa shape index (κ2) is 4.82. The number of ketones is 1. The molecule has 0 N–H and O–H groups in total. The number of hydrogen-bond donors (Lipinski definition) is 0. The Morgan fingerprint density at radius 3 is 2.74 bits per heavy atom. The predicted molar refractivity (Wildman–Crippen MR) is 57.3 cm³/mol. The van der Waals surface area contributed by atoms with Crippen molar-refractivity contribution in [2.24, 2.45) is 7.05 Å². The van der Waals surface area contributed by atoms with Gasteiger partial charge in [-0.3, -0.25) is 14.2 Å². The molecule has 0 fully saturated rings. The summed E-state index contributed by atoms with van der Waals surface area (Å²) in [5.41, 5.74) is 0.205. The summed E-state index contributed by atoms with van der Waals surface area (Å²) in [6.45, 7) is 0.317. The first-order valence-corrected chi connectivity index (χ1v) is 5.36. The highest BCUT2D eigenvalue weighted by molar-refractivity contribution is 5.98. The molecule has 2 aromatic rings. The minimum atomic E-state index is -4.93. The van der Waals surface area contributed by atoms with Crippen LogP contribution in [0.25, 0.3) is 0 Å². The van der Waals surface area contributed by atoms with E-state index in [1.54, 1.807) is 24.0 Å². The zero-order valence-corrected chi connectivity index (χ0v) is 9.92. The molecule has 0 unspecified atom stereocenters. The van der Waals surface area contributed by atoms with Gasteiger partial charge in [0.05, 0.1) is 6.20 Å². The van der Waals surface area contributed by atoms with E-state index in [9.17, 15) is 18.0 Å². The molecule has 2 heterocycles. The predicted octanol–water partition coefficient (Wildman–Crippen LogP) is 0.999. The average molecular weight is 273 g/mol. The van der Waals surface area contributed by atoms with E-state index in [1.807, 2.05) is 0 Å². The van der Waals surface area contributed by atoms with E-state index < -0.39 is 17.7 Å². The molecule has 0 bridgehead atoms. The van der Waals surface area contributed by atoms with Gasteiger partial charge in [0.1, 0.15) is 0 Å². The van der Waals surface area contributed by atoms with Crippen LogP contribution in [0.3, 0.4) is 0 Å². The molecular weight excluding hydrogens is 263 g/mol. The van der Waals surface area contributed by atoms with Gasteiger partial charge in [0.25, 0.3) is 5.78 Å². The lowest BCUT2D eigenvalue weighted by atomic mass is 10.3. The van der Waals surface area contributed by atoms with Gasteiger partial charge in [-0.15, -0.1) is 5.10 Å². The van der Waals surface area contributed by atoms with Crippen LogP contribution in [0.4, 0.5) is 13.2 Å². The summed E-state index contributed by atoms with van der Waals surface area (Å²) >= 11 is 0. The molecule has 0 aliphatic carbocycles. The monoisotopic (exact) mass is 273 g/mol. The SMILES string of the molecule is Cn1nccc1CCn1cc(C(=O)C(F)(F)F)nn1. The quantitative estimate of drug-likeness (QED) is 0.779. The molecule has 0 radical (unpaired) electrons. The minimum Gasteiger partial charge on any atom is -0.282 e. The molecule has 0 saturated carbocycles. The number of alkyl halides is 3. The fourth-order valence-electron chi connectivity index (χ4n) is 1.53. The Balaban J connectivity index is 2.02. The zero-order chi connectivity index (χ0) is 14.0. The van der Waals surface area contributed by atoms with Crippen molar-refractivity contribution in [1.29, 1.82) is 0 Å². The fourth-order valence-corrected chi connectivity index (χ4v) is 1.53. The molecule has 0 aromatic carbocycles. The second-order valence-electron chi connectivity index (χ2n) is 3.89. The van der Waals surface area contributed by atoms with Crippen LogP contribution in [0.2, 0.25) is 0 Å². The van der Waals surface area contributed by atoms with Crippen LogP contribution < -0.4 is 0 Å². The Bertz CT molecular complexity index is 586. The fraction of sp³-hybridized carbons (Fsp3) is 0.400. The summed E-state index contributed by atoms with van der Waals surface area (Å²) in [5, 5.41) is 10.7. The van der Waals surface area contributed by atoms with E-state index in [-0.39, 0.29) is 0 Å². The van der Waals surface area contributed by atoms with Crippen molar-refractivity contribution in [3.05, 3.63) is 29.8 Å². The van der Waals surface area contributed by atoms with Gasteiger partial charge in [-0.1, -0.05) is 5.21 Å². The van der Waals surface area contributed by atoms with E-state index in [4.69, 9.17) is 0 Å². The summed E-state index contributed by atoms with van der Waals surface area (Å²) in [4.78, 5) is 10.9.